The highest BCUT2D eigenvalue weighted by molar-refractivity contribution is 6.31. The molecule has 26 heavy (non-hydrogen) atoms. The largest absolute Gasteiger partial charge is 0.369 e. The van der Waals surface area contributed by atoms with Gasteiger partial charge in [-0.3, -0.25) is 9.48 Å². The number of hydrogen-bond acceptors (Lipinski definition) is 4. The Balaban J connectivity index is 1.86. The van der Waals surface area contributed by atoms with Gasteiger partial charge in [-0.15, -0.1) is 0 Å². The Morgan fingerprint density at radius 1 is 1.38 bits per heavy atom. The summed E-state index contributed by atoms with van der Waals surface area (Å²) in [6, 6.07) is 4.50. The Morgan fingerprint density at radius 2 is 2.19 bits per heavy atom. The molecule has 0 aliphatic heterocycles. The van der Waals surface area contributed by atoms with E-state index in [1.165, 1.54) is 6.07 Å². The highest BCUT2D eigenvalue weighted by Gasteiger charge is 2.15. The molecule has 0 aliphatic rings. The van der Waals surface area contributed by atoms with E-state index in [4.69, 9.17) is 17.3 Å². The number of halogens is 2. The summed E-state index contributed by atoms with van der Waals surface area (Å²) in [5.41, 5.74) is 6.60. The van der Waals surface area contributed by atoms with Crippen LogP contribution in [0.1, 0.15) is 22.8 Å². The van der Waals surface area contributed by atoms with Crippen molar-refractivity contribution in [3.05, 3.63) is 64.2 Å². The molecule has 3 rings (SSSR count). The minimum absolute atomic E-state index is 0.0775. The van der Waals surface area contributed by atoms with E-state index < -0.39 is 11.7 Å². The van der Waals surface area contributed by atoms with Crippen molar-refractivity contribution in [2.24, 2.45) is 5.73 Å². The average molecular weight is 377 g/mol. The van der Waals surface area contributed by atoms with Crippen molar-refractivity contribution < 1.29 is 9.18 Å². The van der Waals surface area contributed by atoms with Crippen molar-refractivity contribution in [3.63, 3.8) is 0 Å². The summed E-state index contributed by atoms with van der Waals surface area (Å²) in [6.07, 6.45) is 4.12. The first-order valence-corrected chi connectivity index (χ1v) is 8.43. The van der Waals surface area contributed by atoms with Gasteiger partial charge in [-0.1, -0.05) is 17.7 Å². The zero-order valence-electron chi connectivity index (χ0n) is 14.2. The second-order valence-electron chi connectivity index (χ2n) is 5.98. The van der Waals surface area contributed by atoms with Crippen molar-refractivity contribution in [2.75, 3.05) is 0 Å². The van der Waals surface area contributed by atoms with E-state index in [2.05, 4.69) is 15.2 Å². The Hall–Kier alpha value is -2.74. The lowest BCUT2D eigenvalue weighted by atomic mass is 10.2. The second-order valence-corrected chi connectivity index (χ2v) is 6.38. The van der Waals surface area contributed by atoms with Gasteiger partial charge in [-0.05, 0) is 24.6 Å². The van der Waals surface area contributed by atoms with Gasteiger partial charge < -0.3 is 5.73 Å². The molecule has 0 fully saturated rings. The topological polar surface area (TPSA) is 91.6 Å². The van der Waals surface area contributed by atoms with Crippen LogP contribution in [0.4, 0.5) is 4.39 Å². The maximum absolute atomic E-state index is 14.1. The number of primary amides is 1. The van der Waals surface area contributed by atoms with Crippen LogP contribution >= 0.6 is 11.6 Å². The van der Waals surface area contributed by atoms with Crippen LogP contribution in [0.25, 0.3) is 0 Å². The van der Waals surface area contributed by atoms with Gasteiger partial charge >= 0.3 is 0 Å². The predicted molar refractivity (Wildman–Crippen MR) is 94.1 cm³/mol. The predicted octanol–water partition coefficient (Wildman–Crippen LogP) is 1.89. The van der Waals surface area contributed by atoms with Gasteiger partial charge in [-0.2, -0.15) is 10.2 Å². The average Bonchev–Trinajstić information content (AvgIpc) is 3.14. The lowest BCUT2D eigenvalue weighted by Gasteiger charge is -2.09. The Bertz CT molecular complexity index is 915. The van der Waals surface area contributed by atoms with Crippen molar-refractivity contribution in [3.8, 4) is 0 Å². The highest BCUT2D eigenvalue weighted by Crippen LogP contribution is 2.20. The highest BCUT2D eigenvalue weighted by atomic mass is 35.5. The number of aromatic nitrogens is 5. The summed E-state index contributed by atoms with van der Waals surface area (Å²) in [7, 11) is 0. The molecule has 0 radical (unpaired) electrons. The fourth-order valence-corrected chi connectivity index (χ4v) is 2.83. The molecule has 9 heteroatoms. The second kappa shape index (κ2) is 7.65. The van der Waals surface area contributed by atoms with E-state index in [9.17, 15) is 9.18 Å². The lowest BCUT2D eigenvalue weighted by Crippen LogP contribution is -2.15. The first kappa shape index (κ1) is 18.1. The normalized spacial score (nSPS) is 11.0. The molecule has 0 aliphatic carbocycles. The van der Waals surface area contributed by atoms with Gasteiger partial charge in [0.25, 0.3) is 0 Å². The Morgan fingerprint density at radius 3 is 2.85 bits per heavy atom. The maximum Gasteiger partial charge on any atom is 0.225 e. The quantitative estimate of drug-likeness (QED) is 0.681. The van der Waals surface area contributed by atoms with Crippen LogP contribution in [-0.4, -0.2) is 30.5 Å². The molecule has 0 unspecified atom stereocenters. The van der Waals surface area contributed by atoms with Crippen LogP contribution in [0.3, 0.4) is 0 Å². The summed E-state index contributed by atoms with van der Waals surface area (Å²) < 4.78 is 17.4. The molecule has 7 nitrogen and oxygen atoms in total. The summed E-state index contributed by atoms with van der Waals surface area (Å²) in [6.45, 7) is 2.65. The van der Waals surface area contributed by atoms with Crippen LogP contribution in [0.5, 0.6) is 0 Å². The molecule has 1 aromatic carbocycles. The van der Waals surface area contributed by atoms with Crippen molar-refractivity contribution in [1.82, 2.24) is 24.5 Å². The summed E-state index contributed by atoms with van der Waals surface area (Å²) in [5, 5.41) is 8.84. The third-order valence-corrected chi connectivity index (χ3v) is 4.18. The van der Waals surface area contributed by atoms with Crippen molar-refractivity contribution in [2.45, 2.75) is 32.9 Å². The molecular weight excluding hydrogens is 359 g/mol. The van der Waals surface area contributed by atoms with E-state index in [0.29, 0.717) is 35.2 Å². The number of hydrogen-bond donors (Lipinski definition) is 1. The number of aryl methyl sites for hydroxylation is 3. The zero-order chi connectivity index (χ0) is 18.7. The number of rotatable bonds is 7. The van der Waals surface area contributed by atoms with Gasteiger partial charge in [0.1, 0.15) is 11.6 Å². The van der Waals surface area contributed by atoms with E-state index >= 15 is 0 Å². The smallest absolute Gasteiger partial charge is 0.225 e. The van der Waals surface area contributed by atoms with Gasteiger partial charge in [0.15, 0.2) is 5.82 Å². The molecule has 0 atom stereocenters. The number of nitrogens with two attached hydrogens (primary N) is 1. The zero-order valence-corrected chi connectivity index (χ0v) is 14.9. The Labute approximate surface area is 154 Å². The molecule has 1 amide bonds. The van der Waals surface area contributed by atoms with Gasteiger partial charge in [-0.25, -0.2) is 14.1 Å². The molecule has 2 N–H and O–H groups in total. The summed E-state index contributed by atoms with van der Waals surface area (Å²) in [4.78, 5) is 15.5. The third kappa shape index (κ3) is 4.26. The molecule has 0 saturated heterocycles. The van der Waals surface area contributed by atoms with E-state index in [1.54, 1.807) is 27.7 Å². The van der Waals surface area contributed by atoms with Crippen molar-refractivity contribution >= 4 is 17.5 Å². The molecule has 0 saturated carbocycles. The van der Waals surface area contributed by atoms with Gasteiger partial charge in [0.05, 0.1) is 19.2 Å². The first-order valence-electron chi connectivity index (χ1n) is 8.05. The Kier molecular flexibility index (Phi) is 5.32. The standard InChI is InChI=1S/C17H18ClFN6O/c1-11-8-21-24(9-11)6-5-17-22-16(7-15(20)26)23-25(17)10-12-13(18)3-2-4-14(12)19/h2-4,8-9H,5-7,10H2,1H3,(H2,20,26). The molecular formula is C17H18ClFN6O. The first-order chi connectivity index (χ1) is 12.4. The molecule has 0 bridgehead atoms. The lowest BCUT2D eigenvalue weighted by molar-refractivity contribution is -0.117. The summed E-state index contributed by atoms with van der Waals surface area (Å²) in [5.74, 6) is -0.0382. The fourth-order valence-electron chi connectivity index (χ4n) is 2.61. The van der Waals surface area contributed by atoms with Crippen LogP contribution in [0, 0.1) is 12.7 Å². The molecule has 0 spiro atoms. The van der Waals surface area contributed by atoms with E-state index in [-0.39, 0.29) is 13.0 Å². The number of nitrogens with zero attached hydrogens (tertiary/aromatic N) is 5. The van der Waals surface area contributed by atoms with Crippen LogP contribution in [-0.2, 0) is 30.7 Å². The minimum atomic E-state index is -0.527. The minimum Gasteiger partial charge on any atom is -0.369 e. The van der Waals surface area contributed by atoms with Crippen LogP contribution in [0.2, 0.25) is 5.02 Å². The number of carbonyl (C=O) groups is 1. The maximum atomic E-state index is 14.1. The van der Waals surface area contributed by atoms with Gasteiger partial charge in [0, 0.05) is 29.7 Å². The molecule has 3 aromatic rings. The van der Waals surface area contributed by atoms with E-state index in [1.807, 2.05) is 13.1 Å². The van der Waals surface area contributed by atoms with Crippen LogP contribution in [0.15, 0.2) is 30.6 Å². The number of benzene rings is 1. The monoisotopic (exact) mass is 376 g/mol. The van der Waals surface area contributed by atoms with Crippen LogP contribution < -0.4 is 5.73 Å². The SMILES string of the molecule is Cc1cnn(CCc2nc(CC(N)=O)nn2Cc2c(F)cccc2Cl)c1. The number of amides is 1. The number of carbonyl (C=O) groups excluding carboxylic acids is 1. The molecule has 136 valence electrons. The molecule has 2 heterocycles. The third-order valence-electron chi connectivity index (χ3n) is 3.82. The molecule has 2 aromatic heterocycles. The van der Waals surface area contributed by atoms with Crippen molar-refractivity contribution in [1.29, 1.82) is 0 Å². The summed E-state index contributed by atoms with van der Waals surface area (Å²) >= 11 is 6.11. The van der Waals surface area contributed by atoms with E-state index in [0.717, 1.165) is 5.56 Å². The fraction of sp³-hybridized carbons (Fsp3) is 0.294. The van der Waals surface area contributed by atoms with Gasteiger partial charge in [0.2, 0.25) is 5.91 Å².